The summed E-state index contributed by atoms with van der Waals surface area (Å²) in [7, 11) is 0. The number of hydrogen-bond acceptors (Lipinski definition) is 2. The standard InChI is InChI=1S/C7H11NO2/c8-6-2-1-5(3-6)4-7(9)10/h1-2,5-6H,3-4,8H2,(H,9,10)/t5-,6+/m0/s1. The maximum absolute atomic E-state index is 10.2. The minimum Gasteiger partial charge on any atom is -0.481 e. The third-order valence-electron chi connectivity index (χ3n) is 1.64. The molecule has 10 heavy (non-hydrogen) atoms. The Bertz CT molecular complexity index is 165. The first kappa shape index (κ1) is 7.28. The van der Waals surface area contributed by atoms with Gasteiger partial charge in [0.05, 0.1) is 6.42 Å². The monoisotopic (exact) mass is 141 g/mol. The van der Waals surface area contributed by atoms with E-state index in [9.17, 15) is 4.79 Å². The van der Waals surface area contributed by atoms with Gasteiger partial charge in [0.2, 0.25) is 0 Å². The van der Waals surface area contributed by atoms with E-state index >= 15 is 0 Å². The number of allylic oxidation sites excluding steroid dienone is 1. The van der Waals surface area contributed by atoms with Crippen LogP contribution in [-0.4, -0.2) is 17.1 Å². The van der Waals surface area contributed by atoms with Gasteiger partial charge in [0.15, 0.2) is 0 Å². The van der Waals surface area contributed by atoms with Crippen molar-refractivity contribution in [3.05, 3.63) is 12.2 Å². The number of hydrogen-bond donors (Lipinski definition) is 2. The van der Waals surface area contributed by atoms with E-state index in [-0.39, 0.29) is 18.4 Å². The normalized spacial score (nSPS) is 30.9. The molecule has 2 atom stereocenters. The summed E-state index contributed by atoms with van der Waals surface area (Å²) in [5.41, 5.74) is 5.52. The summed E-state index contributed by atoms with van der Waals surface area (Å²) in [6, 6.07) is 0.0735. The Labute approximate surface area is 59.5 Å². The number of carboxylic acid groups (broad SMARTS) is 1. The lowest BCUT2D eigenvalue weighted by atomic mass is 10.0. The van der Waals surface area contributed by atoms with Crippen LogP contribution in [0.3, 0.4) is 0 Å². The second-order valence-corrected chi connectivity index (χ2v) is 2.64. The molecule has 0 amide bonds. The highest BCUT2D eigenvalue weighted by atomic mass is 16.4. The molecule has 0 aromatic carbocycles. The number of rotatable bonds is 2. The zero-order chi connectivity index (χ0) is 7.56. The Balaban J connectivity index is 2.33. The van der Waals surface area contributed by atoms with E-state index < -0.39 is 5.97 Å². The summed E-state index contributed by atoms with van der Waals surface area (Å²) < 4.78 is 0. The van der Waals surface area contributed by atoms with Gasteiger partial charge < -0.3 is 10.8 Å². The van der Waals surface area contributed by atoms with Gasteiger partial charge in [-0.05, 0) is 12.3 Å². The molecule has 0 saturated heterocycles. The van der Waals surface area contributed by atoms with Gasteiger partial charge in [0.25, 0.3) is 0 Å². The third kappa shape index (κ3) is 1.84. The molecule has 0 aromatic rings. The summed E-state index contributed by atoms with van der Waals surface area (Å²) in [5, 5.41) is 8.39. The SMILES string of the molecule is N[C@@H]1C=C[C@H](CC(=O)O)C1. The van der Waals surface area contributed by atoms with Crippen LogP contribution in [0.4, 0.5) is 0 Å². The fourth-order valence-electron chi connectivity index (χ4n) is 1.18. The van der Waals surface area contributed by atoms with E-state index in [2.05, 4.69) is 0 Å². The first-order valence-electron chi connectivity index (χ1n) is 3.34. The van der Waals surface area contributed by atoms with E-state index in [1.165, 1.54) is 0 Å². The molecule has 0 saturated carbocycles. The molecule has 3 N–H and O–H groups in total. The molecular weight excluding hydrogens is 130 g/mol. The van der Waals surface area contributed by atoms with Crippen LogP contribution in [0.1, 0.15) is 12.8 Å². The molecule has 0 radical (unpaired) electrons. The lowest BCUT2D eigenvalue weighted by molar-refractivity contribution is -0.137. The molecular formula is C7H11NO2. The van der Waals surface area contributed by atoms with Crippen molar-refractivity contribution in [2.45, 2.75) is 18.9 Å². The molecule has 1 aliphatic rings. The van der Waals surface area contributed by atoms with Crippen LogP contribution in [0.15, 0.2) is 12.2 Å². The Morgan fingerprint density at radius 3 is 2.80 bits per heavy atom. The molecule has 0 unspecified atom stereocenters. The Morgan fingerprint density at radius 2 is 2.40 bits per heavy atom. The van der Waals surface area contributed by atoms with Gasteiger partial charge in [0.1, 0.15) is 0 Å². The minimum absolute atomic E-state index is 0.0735. The number of aliphatic carboxylic acids is 1. The van der Waals surface area contributed by atoms with Crippen molar-refractivity contribution < 1.29 is 9.90 Å². The number of nitrogens with two attached hydrogens (primary N) is 1. The first-order chi connectivity index (χ1) is 4.68. The Kier molecular flexibility index (Phi) is 2.06. The van der Waals surface area contributed by atoms with Crippen molar-refractivity contribution in [3.8, 4) is 0 Å². The van der Waals surface area contributed by atoms with Crippen LogP contribution in [0.2, 0.25) is 0 Å². The van der Waals surface area contributed by atoms with Crippen LogP contribution < -0.4 is 5.73 Å². The maximum Gasteiger partial charge on any atom is 0.303 e. The Hall–Kier alpha value is -0.830. The molecule has 0 spiro atoms. The van der Waals surface area contributed by atoms with Crippen LogP contribution in [0, 0.1) is 5.92 Å². The zero-order valence-corrected chi connectivity index (χ0v) is 5.66. The molecule has 56 valence electrons. The zero-order valence-electron chi connectivity index (χ0n) is 5.66. The predicted octanol–water partition coefficient (Wildman–Crippen LogP) is 0.364. The average Bonchev–Trinajstić information content (AvgIpc) is 2.13. The van der Waals surface area contributed by atoms with Gasteiger partial charge >= 0.3 is 5.97 Å². The topological polar surface area (TPSA) is 63.3 Å². The second-order valence-electron chi connectivity index (χ2n) is 2.64. The largest absolute Gasteiger partial charge is 0.481 e. The molecule has 1 rings (SSSR count). The highest BCUT2D eigenvalue weighted by molar-refractivity contribution is 5.67. The van der Waals surface area contributed by atoms with Gasteiger partial charge in [-0.1, -0.05) is 12.2 Å². The summed E-state index contributed by atoms with van der Waals surface area (Å²) in [5.74, 6) is -0.587. The van der Waals surface area contributed by atoms with Crippen molar-refractivity contribution in [3.63, 3.8) is 0 Å². The van der Waals surface area contributed by atoms with Crippen molar-refractivity contribution in [1.29, 1.82) is 0 Å². The van der Waals surface area contributed by atoms with Crippen molar-refractivity contribution >= 4 is 5.97 Å². The van der Waals surface area contributed by atoms with Crippen LogP contribution in [0.5, 0.6) is 0 Å². The molecule has 0 heterocycles. The van der Waals surface area contributed by atoms with Gasteiger partial charge in [-0.15, -0.1) is 0 Å². The van der Waals surface area contributed by atoms with Gasteiger partial charge in [-0.2, -0.15) is 0 Å². The van der Waals surface area contributed by atoms with Crippen LogP contribution in [0.25, 0.3) is 0 Å². The third-order valence-corrected chi connectivity index (χ3v) is 1.64. The van der Waals surface area contributed by atoms with Gasteiger partial charge in [0, 0.05) is 6.04 Å². The average molecular weight is 141 g/mol. The molecule has 0 bridgehead atoms. The van der Waals surface area contributed by atoms with E-state index in [1.807, 2.05) is 12.2 Å². The van der Waals surface area contributed by atoms with E-state index in [0.717, 1.165) is 6.42 Å². The van der Waals surface area contributed by atoms with Crippen LogP contribution in [-0.2, 0) is 4.79 Å². The smallest absolute Gasteiger partial charge is 0.303 e. The van der Waals surface area contributed by atoms with Crippen molar-refractivity contribution in [2.75, 3.05) is 0 Å². The lowest BCUT2D eigenvalue weighted by Gasteiger charge is -2.03. The van der Waals surface area contributed by atoms with E-state index in [1.54, 1.807) is 0 Å². The highest BCUT2D eigenvalue weighted by Gasteiger charge is 2.17. The molecule has 0 aromatic heterocycles. The maximum atomic E-state index is 10.2. The molecule has 3 nitrogen and oxygen atoms in total. The summed E-state index contributed by atoms with van der Waals surface area (Å²) >= 11 is 0. The first-order valence-corrected chi connectivity index (χ1v) is 3.34. The number of carbonyl (C=O) groups is 1. The summed E-state index contributed by atoms with van der Waals surface area (Å²) in [6.07, 6.45) is 4.75. The number of carboxylic acids is 1. The summed E-state index contributed by atoms with van der Waals surface area (Å²) in [4.78, 5) is 10.2. The van der Waals surface area contributed by atoms with Gasteiger partial charge in [-0.3, -0.25) is 4.79 Å². The quantitative estimate of drug-likeness (QED) is 0.546. The fraction of sp³-hybridized carbons (Fsp3) is 0.571. The van der Waals surface area contributed by atoms with E-state index in [4.69, 9.17) is 10.8 Å². The fourth-order valence-corrected chi connectivity index (χ4v) is 1.18. The van der Waals surface area contributed by atoms with Crippen molar-refractivity contribution in [2.24, 2.45) is 11.7 Å². The van der Waals surface area contributed by atoms with Crippen molar-refractivity contribution in [1.82, 2.24) is 0 Å². The summed E-state index contributed by atoms with van der Waals surface area (Å²) in [6.45, 7) is 0. The molecule has 1 aliphatic carbocycles. The predicted molar refractivity (Wildman–Crippen MR) is 37.5 cm³/mol. The molecule has 0 fully saturated rings. The molecule has 3 heteroatoms. The van der Waals surface area contributed by atoms with Gasteiger partial charge in [-0.25, -0.2) is 0 Å². The molecule has 0 aliphatic heterocycles. The lowest BCUT2D eigenvalue weighted by Crippen LogP contribution is -2.16. The minimum atomic E-state index is -0.747. The van der Waals surface area contributed by atoms with Crippen LogP contribution >= 0.6 is 0 Å². The second kappa shape index (κ2) is 2.84. The Morgan fingerprint density at radius 1 is 1.70 bits per heavy atom. The van der Waals surface area contributed by atoms with E-state index in [0.29, 0.717) is 0 Å². The highest BCUT2D eigenvalue weighted by Crippen LogP contribution is 2.19.